The van der Waals surface area contributed by atoms with Crippen molar-refractivity contribution in [2.45, 2.75) is 6.54 Å². The van der Waals surface area contributed by atoms with Crippen LogP contribution in [0.25, 0.3) is 0 Å². The third kappa shape index (κ3) is 7.04. The minimum Gasteiger partial charge on any atom is -0.378 e. The van der Waals surface area contributed by atoms with Crippen LogP contribution in [0.3, 0.4) is 0 Å². The molecule has 2 aromatic rings. The van der Waals surface area contributed by atoms with E-state index in [0.29, 0.717) is 12.2 Å². The molecule has 2 aromatic carbocycles. The minimum atomic E-state index is -0.302. The first-order chi connectivity index (χ1) is 14.9. The molecule has 1 saturated heterocycles. The Labute approximate surface area is 182 Å². The Morgan fingerprint density at radius 2 is 1.77 bits per heavy atom. The first kappa shape index (κ1) is 22.7. The highest BCUT2D eigenvalue weighted by Gasteiger charge is 2.16. The van der Waals surface area contributed by atoms with Gasteiger partial charge in [-0.2, -0.15) is 0 Å². The molecule has 0 unspecified atom stereocenters. The van der Waals surface area contributed by atoms with Gasteiger partial charge in [-0.05, 0) is 49.0 Å². The number of hydrogen-bond acceptors (Lipinski definition) is 5. The SMILES string of the molecule is CN(CC(=O)N(C)CC(=O)Nc1ccc(N2CCOCC2)cc1)Cc1cccc(F)c1. The number of carbonyl (C=O) groups excluding carboxylic acids is 2. The van der Waals surface area contributed by atoms with Crippen LogP contribution in [0, 0.1) is 5.82 Å². The maximum Gasteiger partial charge on any atom is 0.243 e. The highest BCUT2D eigenvalue weighted by atomic mass is 19.1. The summed E-state index contributed by atoms with van der Waals surface area (Å²) in [5, 5.41) is 2.83. The summed E-state index contributed by atoms with van der Waals surface area (Å²) in [6, 6.07) is 13.9. The van der Waals surface area contributed by atoms with Crippen molar-refractivity contribution in [2.75, 3.05) is 63.7 Å². The van der Waals surface area contributed by atoms with Crippen LogP contribution in [0.1, 0.15) is 5.56 Å². The lowest BCUT2D eigenvalue weighted by atomic mass is 10.2. The number of rotatable bonds is 8. The van der Waals surface area contributed by atoms with Crippen molar-refractivity contribution >= 4 is 23.2 Å². The van der Waals surface area contributed by atoms with Gasteiger partial charge in [0.05, 0.1) is 26.3 Å². The van der Waals surface area contributed by atoms with Crippen LogP contribution in [0.5, 0.6) is 0 Å². The average Bonchev–Trinajstić information content (AvgIpc) is 2.74. The highest BCUT2D eigenvalue weighted by molar-refractivity contribution is 5.94. The van der Waals surface area contributed by atoms with Crippen molar-refractivity contribution in [1.29, 1.82) is 0 Å². The average molecular weight is 429 g/mol. The molecular weight excluding hydrogens is 399 g/mol. The maximum absolute atomic E-state index is 13.3. The van der Waals surface area contributed by atoms with Gasteiger partial charge in [0.1, 0.15) is 5.82 Å². The summed E-state index contributed by atoms with van der Waals surface area (Å²) < 4.78 is 18.7. The van der Waals surface area contributed by atoms with Gasteiger partial charge in [0.15, 0.2) is 0 Å². The summed E-state index contributed by atoms with van der Waals surface area (Å²) in [5.41, 5.74) is 2.57. The molecule has 7 nitrogen and oxygen atoms in total. The number of likely N-dealkylation sites (N-methyl/N-ethyl adjacent to an activating group) is 2. The van der Waals surface area contributed by atoms with E-state index in [0.717, 1.165) is 37.6 Å². The van der Waals surface area contributed by atoms with Gasteiger partial charge < -0.3 is 19.9 Å². The summed E-state index contributed by atoms with van der Waals surface area (Å²) in [6.45, 7) is 3.68. The second-order valence-electron chi connectivity index (χ2n) is 7.75. The number of nitrogens with one attached hydrogen (secondary N) is 1. The second kappa shape index (κ2) is 10.9. The number of morpholine rings is 1. The van der Waals surface area contributed by atoms with E-state index >= 15 is 0 Å². The number of benzene rings is 2. The number of halogens is 1. The van der Waals surface area contributed by atoms with E-state index in [4.69, 9.17) is 4.74 Å². The molecule has 1 aliphatic rings. The molecule has 0 saturated carbocycles. The lowest BCUT2D eigenvalue weighted by Crippen LogP contribution is -2.40. The molecule has 0 spiro atoms. The summed E-state index contributed by atoms with van der Waals surface area (Å²) >= 11 is 0. The molecule has 0 aliphatic carbocycles. The molecule has 8 heteroatoms. The zero-order chi connectivity index (χ0) is 22.2. The van der Waals surface area contributed by atoms with Crippen LogP contribution in [0.2, 0.25) is 0 Å². The molecule has 1 N–H and O–H groups in total. The molecule has 2 amide bonds. The van der Waals surface area contributed by atoms with Crippen molar-refractivity contribution in [1.82, 2.24) is 9.80 Å². The van der Waals surface area contributed by atoms with Crippen molar-refractivity contribution in [2.24, 2.45) is 0 Å². The summed E-state index contributed by atoms with van der Waals surface area (Å²) in [6.07, 6.45) is 0. The molecule has 31 heavy (non-hydrogen) atoms. The molecule has 0 bridgehead atoms. The van der Waals surface area contributed by atoms with Gasteiger partial charge in [0.25, 0.3) is 0 Å². The van der Waals surface area contributed by atoms with Gasteiger partial charge >= 0.3 is 0 Å². The van der Waals surface area contributed by atoms with Crippen LogP contribution in [-0.2, 0) is 20.9 Å². The second-order valence-corrected chi connectivity index (χ2v) is 7.75. The van der Waals surface area contributed by atoms with E-state index in [9.17, 15) is 14.0 Å². The van der Waals surface area contributed by atoms with E-state index in [1.165, 1.54) is 17.0 Å². The summed E-state index contributed by atoms with van der Waals surface area (Å²) in [7, 11) is 3.38. The Balaban J connectivity index is 1.44. The number of anilines is 2. The zero-order valence-electron chi connectivity index (χ0n) is 18.0. The first-order valence-electron chi connectivity index (χ1n) is 10.3. The monoisotopic (exact) mass is 428 g/mol. The van der Waals surface area contributed by atoms with Gasteiger partial charge in [0.2, 0.25) is 11.8 Å². The van der Waals surface area contributed by atoms with Gasteiger partial charge in [-0.15, -0.1) is 0 Å². The first-order valence-corrected chi connectivity index (χ1v) is 10.3. The Morgan fingerprint density at radius 1 is 1.06 bits per heavy atom. The van der Waals surface area contributed by atoms with E-state index in [-0.39, 0.29) is 30.7 Å². The van der Waals surface area contributed by atoms with Gasteiger partial charge in [-0.25, -0.2) is 4.39 Å². The lowest BCUT2D eigenvalue weighted by Gasteiger charge is -2.29. The van der Waals surface area contributed by atoms with E-state index in [2.05, 4.69) is 10.2 Å². The molecule has 166 valence electrons. The predicted octanol–water partition coefficient (Wildman–Crippen LogP) is 2.19. The largest absolute Gasteiger partial charge is 0.378 e. The zero-order valence-corrected chi connectivity index (χ0v) is 18.0. The van der Waals surface area contributed by atoms with Gasteiger partial charge in [-0.3, -0.25) is 14.5 Å². The van der Waals surface area contributed by atoms with Crippen molar-refractivity contribution in [3.63, 3.8) is 0 Å². The molecule has 0 atom stereocenters. The van der Waals surface area contributed by atoms with E-state index in [1.807, 2.05) is 30.3 Å². The van der Waals surface area contributed by atoms with Crippen LogP contribution < -0.4 is 10.2 Å². The van der Waals surface area contributed by atoms with Crippen LogP contribution in [-0.4, -0.2) is 75.1 Å². The standard InChI is InChI=1S/C23H29FN4O3/c1-26(15-18-4-3-5-19(24)14-18)17-23(30)27(2)16-22(29)25-20-6-8-21(9-7-20)28-10-12-31-13-11-28/h3-9,14H,10-13,15-17H2,1-2H3,(H,25,29). The number of carbonyl (C=O) groups is 2. The normalized spacial score (nSPS) is 13.9. The third-order valence-corrected chi connectivity index (χ3v) is 5.08. The Morgan fingerprint density at radius 3 is 2.45 bits per heavy atom. The van der Waals surface area contributed by atoms with Crippen LogP contribution in [0.15, 0.2) is 48.5 Å². The van der Waals surface area contributed by atoms with Crippen LogP contribution in [0.4, 0.5) is 15.8 Å². The van der Waals surface area contributed by atoms with Crippen LogP contribution >= 0.6 is 0 Å². The molecule has 3 rings (SSSR count). The molecule has 0 aromatic heterocycles. The summed E-state index contributed by atoms with van der Waals surface area (Å²) in [4.78, 5) is 30.2. The van der Waals surface area contributed by atoms with Gasteiger partial charge in [-0.1, -0.05) is 12.1 Å². The number of ether oxygens (including phenoxy) is 1. The minimum absolute atomic E-state index is 0.0438. The summed E-state index contributed by atoms with van der Waals surface area (Å²) in [5.74, 6) is -0.747. The maximum atomic E-state index is 13.3. The lowest BCUT2D eigenvalue weighted by molar-refractivity contribution is -0.134. The molecular formula is C23H29FN4O3. The molecule has 1 aliphatic heterocycles. The van der Waals surface area contributed by atoms with E-state index < -0.39 is 0 Å². The predicted molar refractivity (Wildman–Crippen MR) is 118 cm³/mol. The van der Waals surface area contributed by atoms with E-state index in [1.54, 1.807) is 25.1 Å². The third-order valence-electron chi connectivity index (χ3n) is 5.08. The topological polar surface area (TPSA) is 65.1 Å². The number of amides is 2. The quantitative estimate of drug-likeness (QED) is 0.698. The Kier molecular flexibility index (Phi) is 7.97. The number of hydrogen-bond donors (Lipinski definition) is 1. The van der Waals surface area contributed by atoms with Crippen molar-refractivity contribution < 1.29 is 18.7 Å². The fourth-order valence-corrected chi connectivity index (χ4v) is 3.44. The molecule has 1 heterocycles. The smallest absolute Gasteiger partial charge is 0.243 e. The van der Waals surface area contributed by atoms with Crippen molar-refractivity contribution in [3.05, 3.63) is 59.9 Å². The van der Waals surface area contributed by atoms with Gasteiger partial charge in [0, 0.05) is 38.1 Å². The van der Waals surface area contributed by atoms with Crippen molar-refractivity contribution in [3.8, 4) is 0 Å². The number of nitrogens with zero attached hydrogens (tertiary/aromatic N) is 3. The highest BCUT2D eigenvalue weighted by Crippen LogP contribution is 2.19. The fraction of sp³-hybridized carbons (Fsp3) is 0.391. The fourth-order valence-electron chi connectivity index (χ4n) is 3.44. The Bertz CT molecular complexity index is 885. The molecule has 1 fully saturated rings. The Hall–Kier alpha value is -2.97. The molecule has 0 radical (unpaired) electrons.